The summed E-state index contributed by atoms with van der Waals surface area (Å²) >= 11 is 0. The Morgan fingerprint density at radius 3 is 2.50 bits per heavy atom. The number of nitrogens with zero attached hydrogens (tertiary/aromatic N) is 4. The van der Waals surface area contributed by atoms with Gasteiger partial charge in [0.2, 0.25) is 5.91 Å². The second-order valence-electron chi connectivity index (χ2n) is 7.37. The van der Waals surface area contributed by atoms with E-state index in [4.69, 9.17) is 5.41 Å². The molecule has 0 aromatic heterocycles. The van der Waals surface area contributed by atoms with E-state index in [0.717, 1.165) is 11.1 Å². The van der Waals surface area contributed by atoms with Crippen molar-refractivity contribution in [3.63, 3.8) is 0 Å². The lowest BCUT2D eigenvalue weighted by molar-refractivity contribution is -0.129. The van der Waals surface area contributed by atoms with Crippen LogP contribution in [-0.4, -0.2) is 29.6 Å². The molecule has 2 aliphatic rings. The lowest BCUT2D eigenvalue weighted by atomic mass is 9.55. The second-order valence-corrected chi connectivity index (χ2v) is 7.37. The van der Waals surface area contributed by atoms with E-state index in [2.05, 4.69) is 18.2 Å². The first-order chi connectivity index (χ1) is 13.5. The molecule has 3 atom stereocenters. The Labute approximate surface area is 164 Å². The maximum absolute atomic E-state index is 11.9. The van der Waals surface area contributed by atoms with E-state index in [0.29, 0.717) is 25.9 Å². The summed E-state index contributed by atoms with van der Waals surface area (Å²) in [5, 5.41) is 38.1. The van der Waals surface area contributed by atoms with Crippen molar-refractivity contribution < 1.29 is 4.79 Å². The van der Waals surface area contributed by atoms with Crippen molar-refractivity contribution in [1.82, 2.24) is 4.90 Å². The van der Waals surface area contributed by atoms with Gasteiger partial charge in [0.05, 0.1) is 23.9 Å². The summed E-state index contributed by atoms with van der Waals surface area (Å²) in [6, 6.07) is 16.1. The Balaban J connectivity index is 2.04. The molecule has 6 heteroatoms. The molecule has 0 radical (unpaired) electrons. The molecule has 1 aliphatic heterocycles. The molecule has 140 valence electrons. The Morgan fingerprint density at radius 1 is 1.25 bits per heavy atom. The molecule has 1 N–H and O–H groups in total. The molecule has 1 aromatic carbocycles. The number of nitrogens with one attached hydrogen (secondary N) is 1. The van der Waals surface area contributed by atoms with E-state index in [1.165, 1.54) is 6.92 Å². The number of hydrogen-bond acceptors (Lipinski definition) is 5. The third-order valence-corrected chi connectivity index (χ3v) is 6.00. The van der Waals surface area contributed by atoms with Gasteiger partial charge < -0.3 is 10.3 Å². The Hall–Kier alpha value is -3.43. The van der Waals surface area contributed by atoms with Crippen molar-refractivity contribution in [2.45, 2.75) is 19.8 Å². The molecule has 0 saturated heterocycles. The molecule has 1 unspecified atom stereocenters. The molecule has 28 heavy (non-hydrogen) atoms. The summed E-state index contributed by atoms with van der Waals surface area (Å²) in [5.41, 5.74) is 0.0868. The molecule has 0 bridgehead atoms. The van der Waals surface area contributed by atoms with Crippen LogP contribution in [0, 0.1) is 62.6 Å². The third-order valence-electron chi connectivity index (χ3n) is 6.00. The number of hydrogen-bond donors (Lipinski definition) is 1. The van der Waals surface area contributed by atoms with Crippen LogP contribution in [0.5, 0.6) is 0 Å². The van der Waals surface area contributed by atoms with Crippen molar-refractivity contribution in [2.24, 2.45) is 23.2 Å². The largest absolute Gasteiger partial charge is 0.339 e. The molecule has 1 fully saturated rings. The van der Waals surface area contributed by atoms with Crippen molar-refractivity contribution in [3.05, 3.63) is 47.5 Å². The standard InChI is InChI=1S/C22H21N5O/c1-15(28)27-10-9-17-18(11-23)21(26)22(13-24,14-25)20(19(17)12-27)8-7-16-5-3-2-4-6-16/h2-6,9,18-20,26H,7-8,10,12H2,1H3/t18?,19-,20-/m1/s1. The smallest absolute Gasteiger partial charge is 0.219 e. The van der Waals surface area contributed by atoms with Crippen LogP contribution in [0.25, 0.3) is 0 Å². The fraction of sp³-hybridized carbons (Fsp3) is 0.409. The van der Waals surface area contributed by atoms with Gasteiger partial charge in [0.1, 0.15) is 5.92 Å². The quantitative estimate of drug-likeness (QED) is 0.822. The van der Waals surface area contributed by atoms with Crippen LogP contribution in [0.3, 0.4) is 0 Å². The highest BCUT2D eigenvalue weighted by atomic mass is 16.2. The number of carbonyl (C=O) groups excluding carboxylic acids is 1. The van der Waals surface area contributed by atoms with Crippen molar-refractivity contribution >= 4 is 11.6 Å². The monoisotopic (exact) mass is 371 g/mol. The number of benzene rings is 1. The summed E-state index contributed by atoms with van der Waals surface area (Å²) in [6.07, 6.45) is 3.02. The van der Waals surface area contributed by atoms with E-state index >= 15 is 0 Å². The molecule has 6 nitrogen and oxygen atoms in total. The molecule has 1 saturated carbocycles. The van der Waals surface area contributed by atoms with Crippen LogP contribution in [0.4, 0.5) is 0 Å². The average molecular weight is 371 g/mol. The van der Waals surface area contributed by atoms with Gasteiger partial charge in [-0.3, -0.25) is 4.79 Å². The minimum absolute atomic E-state index is 0.0780. The summed E-state index contributed by atoms with van der Waals surface area (Å²) in [6.45, 7) is 2.26. The van der Waals surface area contributed by atoms with Gasteiger partial charge in [-0.15, -0.1) is 0 Å². The topological polar surface area (TPSA) is 116 Å². The lowest BCUT2D eigenvalue weighted by Crippen LogP contribution is -2.54. The zero-order chi connectivity index (χ0) is 20.3. The highest BCUT2D eigenvalue weighted by Gasteiger charge is 2.56. The van der Waals surface area contributed by atoms with E-state index in [1.54, 1.807) is 4.90 Å². The van der Waals surface area contributed by atoms with Crippen molar-refractivity contribution in [1.29, 1.82) is 21.2 Å². The van der Waals surface area contributed by atoms with Gasteiger partial charge in [-0.2, -0.15) is 15.8 Å². The molecule has 1 amide bonds. The molecular weight excluding hydrogens is 350 g/mol. The van der Waals surface area contributed by atoms with Crippen LogP contribution in [0.2, 0.25) is 0 Å². The number of nitriles is 3. The van der Waals surface area contributed by atoms with E-state index < -0.39 is 17.3 Å². The van der Waals surface area contributed by atoms with Gasteiger partial charge in [-0.05, 0) is 24.0 Å². The fourth-order valence-corrected chi connectivity index (χ4v) is 4.46. The fourth-order valence-electron chi connectivity index (χ4n) is 4.46. The summed E-state index contributed by atoms with van der Waals surface area (Å²) in [7, 11) is 0. The minimum Gasteiger partial charge on any atom is -0.339 e. The normalized spacial score (nSPS) is 25.5. The molecule has 0 spiro atoms. The first kappa shape index (κ1) is 19.3. The van der Waals surface area contributed by atoms with E-state index in [-0.39, 0.29) is 17.5 Å². The van der Waals surface area contributed by atoms with Gasteiger partial charge in [0.25, 0.3) is 0 Å². The molecule has 1 aliphatic carbocycles. The predicted molar refractivity (Wildman–Crippen MR) is 103 cm³/mol. The summed E-state index contributed by atoms with van der Waals surface area (Å²) in [4.78, 5) is 13.6. The lowest BCUT2D eigenvalue weighted by Gasteiger charge is -2.47. The third kappa shape index (κ3) is 3.06. The maximum Gasteiger partial charge on any atom is 0.219 e. The highest BCUT2D eigenvalue weighted by Crippen LogP contribution is 2.50. The SMILES string of the molecule is CC(=O)N1CC=C2C(C#N)C(=N)C(C#N)(C#N)[C@H](CCc3ccccc3)[C@@H]2C1. The van der Waals surface area contributed by atoms with Crippen molar-refractivity contribution in [3.8, 4) is 18.2 Å². The van der Waals surface area contributed by atoms with Crippen LogP contribution in [0.15, 0.2) is 42.0 Å². The zero-order valence-electron chi connectivity index (χ0n) is 15.7. The first-order valence-corrected chi connectivity index (χ1v) is 9.29. The zero-order valence-corrected chi connectivity index (χ0v) is 15.7. The van der Waals surface area contributed by atoms with E-state index in [9.17, 15) is 20.6 Å². The van der Waals surface area contributed by atoms with Crippen LogP contribution in [-0.2, 0) is 11.2 Å². The van der Waals surface area contributed by atoms with Gasteiger partial charge in [-0.25, -0.2) is 0 Å². The number of rotatable bonds is 3. The summed E-state index contributed by atoms with van der Waals surface area (Å²) < 4.78 is 0. The molecule has 3 rings (SSSR count). The van der Waals surface area contributed by atoms with Gasteiger partial charge in [-0.1, -0.05) is 36.4 Å². The molecule has 1 heterocycles. The van der Waals surface area contributed by atoms with Crippen LogP contribution in [0.1, 0.15) is 18.9 Å². The summed E-state index contributed by atoms with van der Waals surface area (Å²) in [5.74, 6) is -1.69. The second kappa shape index (κ2) is 7.67. The minimum atomic E-state index is -1.66. The Morgan fingerprint density at radius 2 is 1.93 bits per heavy atom. The van der Waals surface area contributed by atoms with Gasteiger partial charge >= 0.3 is 0 Å². The van der Waals surface area contributed by atoms with Gasteiger partial charge in [0.15, 0.2) is 5.41 Å². The van der Waals surface area contributed by atoms with Crippen LogP contribution < -0.4 is 0 Å². The molecular formula is C22H21N5O. The Kier molecular flexibility index (Phi) is 5.30. The van der Waals surface area contributed by atoms with Crippen molar-refractivity contribution in [2.75, 3.05) is 13.1 Å². The predicted octanol–water partition coefficient (Wildman–Crippen LogP) is 2.85. The van der Waals surface area contributed by atoms with Crippen LogP contribution >= 0.6 is 0 Å². The van der Waals surface area contributed by atoms with E-state index in [1.807, 2.05) is 36.4 Å². The Bertz CT molecular complexity index is 930. The maximum atomic E-state index is 11.9. The highest BCUT2D eigenvalue weighted by molar-refractivity contribution is 6.00. The number of aryl methyl sites for hydroxylation is 1. The number of carbonyl (C=O) groups is 1. The number of fused-ring (bicyclic) bond motifs is 1. The average Bonchev–Trinajstić information content (AvgIpc) is 2.72. The number of amides is 1. The van der Waals surface area contributed by atoms with Gasteiger partial charge in [0, 0.05) is 31.8 Å². The molecule has 1 aromatic rings. The first-order valence-electron chi connectivity index (χ1n) is 9.29.